The van der Waals surface area contributed by atoms with Gasteiger partial charge in [-0.15, -0.1) is 0 Å². The van der Waals surface area contributed by atoms with Crippen molar-refractivity contribution in [2.45, 2.75) is 0 Å². The van der Waals surface area contributed by atoms with Crippen molar-refractivity contribution in [1.29, 1.82) is 0 Å². The van der Waals surface area contributed by atoms with E-state index in [9.17, 15) is 23.4 Å². The van der Waals surface area contributed by atoms with Crippen molar-refractivity contribution in [2.75, 3.05) is 11.1 Å². The van der Waals surface area contributed by atoms with Crippen LogP contribution >= 0.6 is 0 Å². The van der Waals surface area contributed by atoms with Gasteiger partial charge in [0.1, 0.15) is 28.8 Å². The SMILES string of the molecule is Nc1nc(Nc2ccc(O)cc2F)nc(-c2ccc(O)cc2F)c1F. The summed E-state index contributed by atoms with van der Waals surface area (Å²) in [5.41, 5.74) is 4.68. The average Bonchev–Trinajstić information content (AvgIpc) is 2.54. The lowest BCUT2D eigenvalue weighted by Gasteiger charge is -2.11. The molecule has 0 saturated heterocycles. The van der Waals surface area contributed by atoms with Gasteiger partial charge in [0.25, 0.3) is 0 Å². The minimum Gasteiger partial charge on any atom is -0.508 e. The molecule has 0 bridgehead atoms. The summed E-state index contributed by atoms with van der Waals surface area (Å²) in [4.78, 5) is 7.47. The summed E-state index contributed by atoms with van der Waals surface area (Å²) in [7, 11) is 0. The molecule has 3 aromatic rings. The Bertz CT molecular complexity index is 966. The molecule has 25 heavy (non-hydrogen) atoms. The molecule has 0 aliphatic carbocycles. The number of nitrogens with two attached hydrogens (primary N) is 1. The van der Waals surface area contributed by atoms with Gasteiger partial charge in [-0.25, -0.2) is 18.2 Å². The monoisotopic (exact) mass is 348 g/mol. The fraction of sp³-hybridized carbons (Fsp3) is 0. The Morgan fingerprint density at radius 1 is 0.880 bits per heavy atom. The number of nitrogens with one attached hydrogen (secondary N) is 1. The van der Waals surface area contributed by atoms with Crippen LogP contribution in [0.25, 0.3) is 11.3 Å². The van der Waals surface area contributed by atoms with Gasteiger partial charge >= 0.3 is 0 Å². The Hall–Kier alpha value is -3.49. The minimum absolute atomic E-state index is 0.0964. The van der Waals surface area contributed by atoms with Crippen LogP contribution in [0.1, 0.15) is 0 Å². The molecule has 0 atom stereocenters. The Kier molecular flexibility index (Phi) is 4.05. The van der Waals surface area contributed by atoms with Gasteiger partial charge in [0, 0.05) is 17.7 Å². The third-order valence-corrected chi connectivity index (χ3v) is 3.28. The molecule has 1 heterocycles. The fourth-order valence-electron chi connectivity index (χ4n) is 2.12. The molecule has 0 spiro atoms. The maximum Gasteiger partial charge on any atom is 0.230 e. The molecule has 0 fully saturated rings. The second kappa shape index (κ2) is 6.19. The molecule has 9 heteroatoms. The van der Waals surface area contributed by atoms with E-state index < -0.39 is 29.0 Å². The molecule has 128 valence electrons. The van der Waals surface area contributed by atoms with E-state index in [2.05, 4.69) is 15.3 Å². The molecule has 6 nitrogen and oxygen atoms in total. The summed E-state index contributed by atoms with van der Waals surface area (Å²) in [6.45, 7) is 0. The Morgan fingerprint density at radius 2 is 1.52 bits per heavy atom. The molecule has 0 radical (unpaired) electrons. The van der Waals surface area contributed by atoms with Crippen LogP contribution in [0.5, 0.6) is 11.5 Å². The second-order valence-corrected chi connectivity index (χ2v) is 5.05. The van der Waals surface area contributed by atoms with E-state index in [1.807, 2.05) is 0 Å². The summed E-state index contributed by atoms with van der Waals surface area (Å²) >= 11 is 0. The van der Waals surface area contributed by atoms with Gasteiger partial charge in [-0.1, -0.05) is 0 Å². The number of anilines is 3. The summed E-state index contributed by atoms with van der Waals surface area (Å²) in [5.74, 6) is -4.24. The van der Waals surface area contributed by atoms with Crippen molar-refractivity contribution in [3.63, 3.8) is 0 Å². The molecular weight excluding hydrogens is 337 g/mol. The highest BCUT2D eigenvalue weighted by molar-refractivity contribution is 5.67. The van der Waals surface area contributed by atoms with Gasteiger partial charge in [-0.05, 0) is 24.3 Å². The number of halogens is 3. The van der Waals surface area contributed by atoms with E-state index in [0.717, 1.165) is 24.3 Å². The zero-order valence-electron chi connectivity index (χ0n) is 12.5. The van der Waals surface area contributed by atoms with Gasteiger partial charge < -0.3 is 21.3 Å². The zero-order valence-corrected chi connectivity index (χ0v) is 12.5. The maximum absolute atomic E-state index is 14.2. The first-order valence-corrected chi connectivity index (χ1v) is 6.92. The molecule has 0 aliphatic heterocycles. The minimum atomic E-state index is -1.05. The molecule has 5 N–H and O–H groups in total. The smallest absolute Gasteiger partial charge is 0.230 e. The number of nitrogen functional groups attached to an aromatic ring is 1. The summed E-state index contributed by atoms with van der Waals surface area (Å²) in [6, 6.07) is 6.37. The largest absolute Gasteiger partial charge is 0.508 e. The van der Waals surface area contributed by atoms with Crippen molar-refractivity contribution in [3.05, 3.63) is 53.8 Å². The van der Waals surface area contributed by atoms with Crippen molar-refractivity contribution < 1.29 is 23.4 Å². The van der Waals surface area contributed by atoms with Crippen LogP contribution in [0.15, 0.2) is 36.4 Å². The predicted octanol–water partition coefficient (Wildman–Crippen LogP) is 3.30. The molecule has 0 saturated carbocycles. The van der Waals surface area contributed by atoms with Crippen LogP contribution in [0.3, 0.4) is 0 Å². The number of aromatic nitrogens is 2. The summed E-state index contributed by atoms with van der Waals surface area (Å²) in [6.07, 6.45) is 0. The number of phenolic OH excluding ortho intramolecular Hbond substituents is 2. The quantitative estimate of drug-likeness (QED) is 0.542. The van der Waals surface area contributed by atoms with Crippen LogP contribution in [0, 0.1) is 17.5 Å². The zero-order chi connectivity index (χ0) is 18.1. The van der Waals surface area contributed by atoms with E-state index in [4.69, 9.17) is 5.73 Å². The fourth-order valence-corrected chi connectivity index (χ4v) is 2.12. The van der Waals surface area contributed by atoms with Gasteiger partial charge in [0.2, 0.25) is 5.95 Å². The first-order chi connectivity index (χ1) is 11.8. The predicted molar refractivity (Wildman–Crippen MR) is 84.8 cm³/mol. The molecule has 0 unspecified atom stereocenters. The lowest BCUT2D eigenvalue weighted by atomic mass is 10.1. The highest BCUT2D eigenvalue weighted by Crippen LogP contribution is 2.30. The number of rotatable bonds is 3. The highest BCUT2D eigenvalue weighted by Gasteiger charge is 2.18. The molecular formula is C16H11F3N4O2. The van der Waals surface area contributed by atoms with E-state index >= 15 is 0 Å². The van der Waals surface area contributed by atoms with Gasteiger partial charge in [0.15, 0.2) is 11.6 Å². The second-order valence-electron chi connectivity index (χ2n) is 5.05. The van der Waals surface area contributed by atoms with Crippen molar-refractivity contribution in [2.24, 2.45) is 0 Å². The molecule has 3 rings (SSSR count). The number of phenols is 2. The Balaban J connectivity index is 2.06. The lowest BCUT2D eigenvalue weighted by Crippen LogP contribution is -2.07. The van der Waals surface area contributed by atoms with Crippen LogP contribution in [0.2, 0.25) is 0 Å². The van der Waals surface area contributed by atoms with Crippen molar-refractivity contribution >= 4 is 17.5 Å². The molecule has 1 aromatic heterocycles. The van der Waals surface area contributed by atoms with Gasteiger partial charge in [-0.3, -0.25) is 0 Å². The molecule has 0 amide bonds. The highest BCUT2D eigenvalue weighted by atomic mass is 19.1. The van der Waals surface area contributed by atoms with E-state index in [0.29, 0.717) is 0 Å². The average molecular weight is 348 g/mol. The standard InChI is InChI=1S/C16H11F3N4O2/c17-10-5-7(24)1-3-9(10)14-13(19)15(20)23-16(22-14)21-12-4-2-8(25)6-11(12)18/h1-6,24-25H,(H3,20,21,22,23). The third-order valence-electron chi connectivity index (χ3n) is 3.28. The van der Waals surface area contributed by atoms with E-state index in [-0.39, 0.29) is 28.7 Å². The number of nitrogens with zero attached hydrogens (tertiary/aromatic N) is 2. The third kappa shape index (κ3) is 3.25. The van der Waals surface area contributed by atoms with Crippen LogP contribution in [0.4, 0.5) is 30.6 Å². The Morgan fingerprint density at radius 3 is 2.16 bits per heavy atom. The number of aromatic hydroxyl groups is 2. The first-order valence-electron chi connectivity index (χ1n) is 6.92. The number of hydrogen-bond donors (Lipinski definition) is 4. The molecule has 2 aromatic carbocycles. The summed E-state index contributed by atoms with van der Waals surface area (Å²) in [5, 5.41) is 20.9. The van der Waals surface area contributed by atoms with E-state index in [1.54, 1.807) is 0 Å². The normalized spacial score (nSPS) is 10.7. The van der Waals surface area contributed by atoms with Gasteiger partial charge in [-0.2, -0.15) is 4.98 Å². The molecule has 0 aliphatic rings. The number of benzene rings is 2. The van der Waals surface area contributed by atoms with Crippen molar-refractivity contribution in [3.8, 4) is 22.8 Å². The van der Waals surface area contributed by atoms with Crippen LogP contribution in [-0.4, -0.2) is 20.2 Å². The van der Waals surface area contributed by atoms with Crippen LogP contribution < -0.4 is 11.1 Å². The van der Waals surface area contributed by atoms with Crippen molar-refractivity contribution in [1.82, 2.24) is 9.97 Å². The maximum atomic E-state index is 14.2. The van der Waals surface area contributed by atoms with Gasteiger partial charge in [0.05, 0.1) is 5.69 Å². The van der Waals surface area contributed by atoms with E-state index in [1.165, 1.54) is 12.1 Å². The Labute approximate surface area is 139 Å². The number of hydrogen-bond acceptors (Lipinski definition) is 6. The lowest BCUT2D eigenvalue weighted by molar-refractivity contribution is 0.468. The first kappa shape index (κ1) is 16.4. The van der Waals surface area contributed by atoms with Crippen LogP contribution in [-0.2, 0) is 0 Å². The topological polar surface area (TPSA) is 104 Å². The summed E-state index contributed by atoms with van der Waals surface area (Å²) < 4.78 is 42.0.